The molecule has 0 saturated carbocycles. The lowest BCUT2D eigenvalue weighted by Gasteiger charge is -2.13. The highest BCUT2D eigenvalue weighted by atomic mass is 32.2. The van der Waals surface area contributed by atoms with Crippen LogP contribution in [0.15, 0.2) is 91.0 Å². The molecule has 0 bridgehead atoms. The zero-order valence-electron chi connectivity index (χ0n) is 20.9. The van der Waals surface area contributed by atoms with E-state index in [0.29, 0.717) is 12.4 Å². The maximum atomic E-state index is 10.8. The number of phenols is 1. The topological polar surface area (TPSA) is 55.8 Å². The minimum absolute atomic E-state index is 0.359. The first-order valence-corrected chi connectivity index (χ1v) is 13.2. The van der Waals surface area contributed by atoms with Crippen molar-refractivity contribution in [2.45, 2.75) is 20.5 Å². The SMILES string of the molecule is COc1ccc(COS(C)=O)cc1C.Cc1cc(-c2cccc3ccccc23)c(O)c2ccccc12. The minimum atomic E-state index is -1.21. The molecule has 184 valence electrons. The Morgan fingerprint density at radius 3 is 2.11 bits per heavy atom. The van der Waals surface area contributed by atoms with Gasteiger partial charge in [0.25, 0.3) is 0 Å². The molecule has 0 aromatic heterocycles. The van der Waals surface area contributed by atoms with Crippen LogP contribution in [0.2, 0.25) is 0 Å². The molecule has 1 atom stereocenters. The second-order valence-corrected chi connectivity index (χ2v) is 9.67. The van der Waals surface area contributed by atoms with Crippen LogP contribution < -0.4 is 4.74 Å². The Morgan fingerprint density at radius 1 is 0.750 bits per heavy atom. The third kappa shape index (κ3) is 5.59. The van der Waals surface area contributed by atoms with Crippen LogP contribution in [-0.4, -0.2) is 22.7 Å². The molecule has 1 unspecified atom stereocenters. The summed E-state index contributed by atoms with van der Waals surface area (Å²) in [6.45, 7) is 4.43. The summed E-state index contributed by atoms with van der Waals surface area (Å²) in [6, 6.07) is 30.3. The molecule has 1 N–H and O–H groups in total. The largest absolute Gasteiger partial charge is 0.507 e. The molecular weight excluding hydrogens is 468 g/mol. The van der Waals surface area contributed by atoms with Gasteiger partial charge in [-0.05, 0) is 64.4 Å². The molecule has 0 spiro atoms. The maximum Gasteiger partial charge on any atom is 0.152 e. The summed E-state index contributed by atoms with van der Waals surface area (Å²) in [6.07, 6.45) is 1.51. The Kier molecular flexibility index (Phi) is 8.04. The lowest BCUT2D eigenvalue weighted by atomic mass is 9.93. The summed E-state index contributed by atoms with van der Waals surface area (Å²) in [4.78, 5) is 0. The Bertz CT molecular complexity index is 1540. The van der Waals surface area contributed by atoms with Gasteiger partial charge in [0.2, 0.25) is 0 Å². The van der Waals surface area contributed by atoms with Crippen molar-refractivity contribution in [3.8, 4) is 22.6 Å². The van der Waals surface area contributed by atoms with Crippen LogP contribution in [0.5, 0.6) is 11.5 Å². The van der Waals surface area contributed by atoms with Crippen molar-refractivity contribution in [2.24, 2.45) is 0 Å². The van der Waals surface area contributed by atoms with Gasteiger partial charge in [-0.1, -0.05) is 78.9 Å². The highest BCUT2D eigenvalue weighted by molar-refractivity contribution is 7.79. The van der Waals surface area contributed by atoms with Crippen molar-refractivity contribution in [1.82, 2.24) is 0 Å². The molecule has 0 aliphatic heterocycles. The van der Waals surface area contributed by atoms with Crippen molar-refractivity contribution >= 4 is 32.6 Å². The summed E-state index contributed by atoms with van der Waals surface area (Å²) in [5.74, 6) is 1.21. The van der Waals surface area contributed by atoms with Crippen molar-refractivity contribution in [3.63, 3.8) is 0 Å². The molecule has 5 heteroatoms. The van der Waals surface area contributed by atoms with Gasteiger partial charge < -0.3 is 9.84 Å². The predicted octanol–water partition coefficient (Wildman–Crippen LogP) is 7.49. The second-order valence-electron chi connectivity index (χ2n) is 8.63. The molecule has 0 radical (unpaired) electrons. The van der Waals surface area contributed by atoms with E-state index in [2.05, 4.69) is 43.3 Å². The number of hydrogen-bond donors (Lipinski definition) is 1. The van der Waals surface area contributed by atoms with Crippen molar-refractivity contribution in [1.29, 1.82) is 0 Å². The Hall–Kier alpha value is -3.67. The van der Waals surface area contributed by atoms with Gasteiger partial charge in [0, 0.05) is 17.2 Å². The number of fused-ring (bicyclic) bond motifs is 2. The molecule has 4 nitrogen and oxygen atoms in total. The van der Waals surface area contributed by atoms with E-state index in [1.807, 2.05) is 61.5 Å². The predicted molar refractivity (Wildman–Crippen MR) is 150 cm³/mol. The summed E-state index contributed by atoms with van der Waals surface area (Å²) in [7, 11) is 1.64. The van der Waals surface area contributed by atoms with Gasteiger partial charge in [0.15, 0.2) is 11.1 Å². The van der Waals surface area contributed by atoms with Gasteiger partial charge in [0.05, 0.1) is 13.7 Å². The average molecular weight is 499 g/mol. The molecule has 5 aromatic carbocycles. The Morgan fingerprint density at radius 2 is 1.42 bits per heavy atom. The van der Waals surface area contributed by atoms with Gasteiger partial charge >= 0.3 is 0 Å². The number of benzene rings is 5. The van der Waals surface area contributed by atoms with Gasteiger partial charge in [-0.15, -0.1) is 0 Å². The fraction of sp³-hybridized carbons (Fsp3) is 0.161. The summed E-state index contributed by atoms with van der Waals surface area (Å²) >= 11 is -1.21. The third-order valence-electron chi connectivity index (χ3n) is 6.15. The molecule has 5 aromatic rings. The van der Waals surface area contributed by atoms with Gasteiger partial charge in [-0.2, -0.15) is 0 Å². The molecule has 0 aliphatic rings. The van der Waals surface area contributed by atoms with E-state index in [1.54, 1.807) is 7.11 Å². The molecule has 5 rings (SSSR count). The minimum Gasteiger partial charge on any atom is -0.507 e. The van der Waals surface area contributed by atoms with Crippen LogP contribution >= 0.6 is 0 Å². The monoisotopic (exact) mass is 498 g/mol. The van der Waals surface area contributed by atoms with Crippen LogP contribution in [0.3, 0.4) is 0 Å². The first-order valence-electron chi connectivity index (χ1n) is 11.7. The highest BCUT2D eigenvalue weighted by Crippen LogP contribution is 2.40. The van der Waals surface area contributed by atoms with E-state index >= 15 is 0 Å². The van der Waals surface area contributed by atoms with E-state index in [0.717, 1.165) is 44.2 Å². The first-order chi connectivity index (χ1) is 17.4. The maximum absolute atomic E-state index is 10.8. The van der Waals surface area contributed by atoms with Crippen molar-refractivity contribution < 1.29 is 18.2 Å². The average Bonchev–Trinajstić information content (AvgIpc) is 2.90. The Labute approximate surface area is 214 Å². The number of rotatable bonds is 5. The van der Waals surface area contributed by atoms with Crippen molar-refractivity contribution in [3.05, 3.63) is 108 Å². The zero-order valence-corrected chi connectivity index (χ0v) is 21.8. The zero-order chi connectivity index (χ0) is 25.7. The van der Waals surface area contributed by atoms with E-state index in [1.165, 1.54) is 17.2 Å². The normalized spacial score (nSPS) is 11.7. The van der Waals surface area contributed by atoms with E-state index in [9.17, 15) is 9.32 Å². The summed E-state index contributed by atoms with van der Waals surface area (Å²) < 4.78 is 20.8. The summed E-state index contributed by atoms with van der Waals surface area (Å²) in [5.41, 5.74) is 5.20. The van der Waals surface area contributed by atoms with Crippen molar-refractivity contribution in [2.75, 3.05) is 13.4 Å². The highest BCUT2D eigenvalue weighted by Gasteiger charge is 2.12. The molecule has 0 saturated heterocycles. The quantitative estimate of drug-likeness (QED) is 0.273. The lowest BCUT2D eigenvalue weighted by molar-refractivity contribution is 0.339. The fourth-order valence-corrected chi connectivity index (χ4v) is 4.69. The van der Waals surface area contributed by atoms with E-state index < -0.39 is 11.1 Å². The number of aryl methyl sites for hydroxylation is 2. The van der Waals surface area contributed by atoms with E-state index in [4.69, 9.17) is 8.92 Å². The number of ether oxygens (including phenoxy) is 1. The van der Waals surface area contributed by atoms with Crippen LogP contribution in [0.4, 0.5) is 0 Å². The van der Waals surface area contributed by atoms with Gasteiger partial charge in [-0.25, -0.2) is 4.21 Å². The number of hydrogen-bond acceptors (Lipinski definition) is 4. The van der Waals surface area contributed by atoms with Crippen LogP contribution in [-0.2, 0) is 21.9 Å². The van der Waals surface area contributed by atoms with E-state index in [-0.39, 0.29) is 0 Å². The second kappa shape index (κ2) is 11.4. The van der Waals surface area contributed by atoms with Gasteiger partial charge in [0.1, 0.15) is 11.5 Å². The fourth-order valence-electron chi connectivity index (χ4n) is 4.39. The molecule has 0 fully saturated rings. The first kappa shape index (κ1) is 25.4. The van der Waals surface area contributed by atoms with Gasteiger partial charge in [-0.3, -0.25) is 4.18 Å². The standard InChI is InChI=1S/C21H16O.C10H14O3S/c1-14-13-20(21(22)19-11-5-4-9-16(14)19)18-12-6-8-15-7-2-3-10-17(15)18;1-8-6-9(7-13-14(3)11)4-5-10(8)12-2/h2-13,22H,1H3;4-6H,7H2,1-3H3. The van der Waals surface area contributed by atoms with Crippen LogP contribution in [0.1, 0.15) is 16.7 Å². The third-order valence-corrected chi connectivity index (χ3v) is 6.60. The molecule has 0 heterocycles. The van der Waals surface area contributed by atoms with Crippen LogP contribution in [0, 0.1) is 13.8 Å². The number of methoxy groups -OCH3 is 1. The molecule has 36 heavy (non-hydrogen) atoms. The molecule has 0 amide bonds. The summed E-state index contributed by atoms with van der Waals surface area (Å²) in [5, 5.41) is 15.1. The number of aromatic hydroxyl groups is 1. The van der Waals surface area contributed by atoms with Crippen LogP contribution in [0.25, 0.3) is 32.7 Å². The molecule has 0 aliphatic carbocycles. The smallest absolute Gasteiger partial charge is 0.152 e. The molecular formula is C31H30O4S. The Balaban J connectivity index is 0.000000189. The lowest BCUT2D eigenvalue weighted by Crippen LogP contribution is -1.96. The number of phenolic OH excluding ortho intramolecular Hbond substituents is 1.